The van der Waals surface area contributed by atoms with Gasteiger partial charge in [-0.05, 0) is 24.6 Å². The summed E-state index contributed by atoms with van der Waals surface area (Å²) < 4.78 is 0. The van der Waals surface area contributed by atoms with Crippen molar-refractivity contribution in [3.8, 4) is 0 Å². The molecule has 0 saturated heterocycles. The molecule has 18 heavy (non-hydrogen) atoms. The van der Waals surface area contributed by atoms with Crippen LogP contribution in [0.4, 0.5) is 0 Å². The topological polar surface area (TPSA) is 81.0 Å². The van der Waals surface area contributed by atoms with Gasteiger partial charge < -0.3 is 9.97 Å². The van der Waals surface area contributed by atoms with Crippen molar-refractivity contribution in [2.75, 3.05) is 14.1 Å². The number of carbonyl (C=O) groups is 1. The average Bonchev–Trinajstić information content (AvgIpc) is 2.65. The maximum atomic E-state index is 11.9. The van der Waals surface area contributed by atoms with Crippen LogP contribution in [-0.4, -0.2) is 35.0 Å². The van der Waals surface area contributed by atoms with Crippen molar-refractivity contribution in [2.45, 2.75) is 12.8 Å². The Morgan fingerprint density at radius 3 is 2.61 bits per heavy atom. The molecule has 2 aromatic rings. The Bertz CT molecular complexity index is 626. The third kappa shape index (κ3) is 2.43. The smallest absolute Gasteiger partial charge is 0.306 e. The minimum Gasteiger partial charge on any atom is -0.306 e. The summed E-state index contributed by atoms with van der Waals surface area (Å²) >= 11 is 0. The average molecular weight is 248 g/mol. The van der Waals surface area contributed by atoms with Crippen LogP contribution in [0, 0.1) is 0 Å². The first-order valence-corrected chi connectivity index (χ1v) is 5.67. The second kappa shape index (κ2) is 4.66. The van der Waals surface area contributed by atoms with E-state index in [1.165, 1.54) is 0 Å². The highest BCUT2D eigenvalue weighted by Crippen LogP contribution is 2.19. The largest absolute Gasteiger partial charge is 0.323 e. The molecule has 1 unspecified atom stereocenters. The monoisotopic (exact) mass is 248 g/mol. The molecule has 1 amide bonds. The van der Waals surface area contributed by atoms with Gasteiger partial charge in [-0.1, -0.05) is 6.07 Å². The van der Waals surface area contributed by atoms with Gasteiger partial charge in [0.05, 0.1) is 17.0 Å². The summed E-state index contributed by atoms with van der Waals surface area (Å²) in [5, 5.41) is 1.61. The van der Waals surface area contributed by atoms with Crippen molar-refractivity contribution >= 4 is 16.9 Å². The van der Waals surface area contributed by atoms with Crippen molar-refractivity contribution in [3.63, 3.8) is 0 Å². The molecule has 6 heteroatoms. The zero-order valence-corrected chi connectivity index (χ0v) is 10.6. The summed E-state index contributed by atoms with van der Waals surface area (Å²) in [4.78, 5) is 28.4. The van der Waals surface area contributed by atoms with Crippen LogP contribution in [0.2, 0.25) is 0 Å². The van der Waals surface area contributed by atoms with E-state index in [-0.39, 0.29) is 17.5 Å². The van der Waals surface area contributed by atoms with Gasteiger partial charge in [0.2, 0.25) is 5.91 Å². The summed E-state index contributed by atoms with van der Waals surface area (Å²) in [6.45, 7) is 1.82. The van der Waals surface area contributed by atoms with Gasteiger partial charge in [0.25, 0.3) is 0 Å². The predicted octanol–water partition coefficient (Wildman–Crippen LogP) is 0.552. The summed E-state index contributed by atoms with van der Waals surface area (Å²) in [5.41, 5.74) is 4.77. The molecule has 0 saturated carbocycles. The van der Waals surface area contributed by atoms with Crippen LogP contribution in [0.25, 0.3) is 11.0 Å². The lowest BCUT2D eigenvalue weighted by atomic mass is 10.0. The van der Waals surface area contributed by atoms with E-state index in [1.807, 2.05) is 19.1 Å². The first-order chi connectivity index (χ1) is 8.47. The van der Waals surface area contributed by atoms with Gasteiger partial charge in [0.1, 0.15) is 0 Å². The van der Waals surface area contributed by atoms with Crippen LogP contribution in [0.3, 0.4) is 0 Å². The Kier molecular flexibility index (Phi) is 3.20. The zero-order valence-electron chi connectivity index (χ0n) is 10.6. The molecule has 1 aromatic heterocycles. The third-order valence-electron chi connectivity index (χ3n) is 2.77. The second-order valence-electron chi connectivity index (χ2n) is 4.48. The normalized spacial score (nSPS) is 12.9. The van der Waals surface area contributed by atoms with Gasteiger partial charge in [0, 0.05) is 14.1 Å². The van der Waals surface area contributed by atoms with E-state index in [2.05, 4.69) is 15.4 Å². The summed E-state index contributed by atoms with van der Waals surface area (Å²) in [6, 6.07) is 5.45. The number of amides is 1. The number of fused-ring (bicyclic) bond motifs is 1. The Balaban J connectivity index is 2.30. The molecule has 0 fully saturated rings. The minimum absolute atomic E-state index is 0.0859. The first-order valence-electron chi connectivity index (χ1n) is 5.67. The lowest BCUT2D eigenvalue weighted by Crippen LogP contribution is -2.38. The molecule has 1 heterocycles. The van der Waals surface area contributed by atoms with Crippen LogP contribution < -0.4 is 11.1 Å². The lowest BCUT2D eigenvalue weighted by Gasteiger charge is -2.16. The number of aromatic amines is 2. The van der Waals surface area contributed by atoms with Gasteiger partial charge in [0.15, 0.2) is 0 Å². The van der Waals surface area contributed by atoms with Gasteiger partial charge in [-0.25, -0.2) is 9.80 Å². The van der Waals surface area contributed by atoms with Gasteiger partial charge >= 0.3 is 5.69 Å². The van der Waals surface area contributed by atoms with Crippen molar-refractivity contribution < 1.29 is 4.79 Å². The van der Waals surface area contributed by atoms with Crippen molar-refractivity contribution in [1.82, 2.24) is 20.4 Å². The summed E-state index contributed by atoms with van der Waals surface area (Å²) in [6.07, 6.45) is 0. The second-order valence-corrected chi connectivity index (χ2v) is 4.48. The van der Waals surface area contributed by atoms with E-state index in [0.29, 0.717) is 5.52 Å². The van der Waals surface area contributed by atoms with E-state index < -0.39 is 0 Å². The van der Waals surface area contributed by atoms with Crippen molar-refractivity contribution in [2.24, 2.45) is 0 Å². The third-order valence-corrected chi connectivity index (χ3v) is 2.77. The fourth-order valence-corrected chi connectivity index (χ4v) is 1.79. The number of rotatable bonds is 3. The number of hydrazine groups is 1. The Morgan fingerprint density at radius 2 is 1.94 bits per heavy atom. The molecule has 1 atom stereocenters. The molecular formula is C12H16N4O2. The van der Waals surface area contributed by atoms with E-state index in [4.69, 9.17) is 0 Å². The van der Waals surface area contributed by atoms with E-state index in [0.717, 1.165) is 11.1 Å². The lowest BCUT2D eigenvalue weighted by molar-refractivity contribution is -0.125. The number of H-pyrrole nitrogens is 2. The highest BCUT2D eigenvalue weighted by atomic mass is 16.2. The Hall–Kier alpha value is -2.08. The quantitative estimate of drug-likeness (QED) is 0.694. The molecule has 0 aliphatic heterocycles. The van der Waals surface area contributed by atoms with E-state index >= 15 is 0 Å². The number of hydrogen-bond donors (Lipinski definition) is 3. The molecule has 0 aliphatic rings. The van der Waals surface area contributed by atoms with Crippen LogP contribution >= 0.6 is 0 Å². The van der Waals surface area contributed by atoms with Crippen LogP contribution in [0.1, 0.15) is 18.4 Å². The van der Waals surface area contributed by atoms with Crippen LogP contribution in [-0.2, 0) is 4.79 Å². The number of imidazole rings is 1. The summed E-state index contributed by atoms with van der Waals surface area (Å²) in [7, 11) is 3.52. The highest BCUT2D eigenvalue weighted by Gasteiger charge is 2.16. The fourth-order valence-electron chi connectivity index (χ4n) is 1.79. The van der Waals surface area contributed by atoms with Crippen LogP contribution in [0.5, 0.6) is 0 Å². The van der Waals surface area contributed by atoms with Crippen molar-refractivity contribution in [3.05, 3.63) is 34.2 Å². The van der Waals surface area contributed by atoms with E-state index in [9.17, 15) is 9.59 Å². The Morgan fingerprint density at radius 1 is 1.28 bits per heavy atom. The molecule has 0 bridgehead atoms. The number of nitrogens with one attached hydrogen (secondary N) is 3. The maximum absolute atomic E-state index is 11.9. The molecule has 0 spiro atoms. The molecule has 3 N–H and O–H groups in total. The fraction of sp³-hybridized carbons (Fsp3) is 0.333. The SMILES string of the molecule is CC(C(=O)NN(C)C)c1ccc2[nH]c(=O)[nH]c2c1. The molecule has 0 radical (unpaired) electrons. The maximum Gasteiger partial charge on any atom is 0.323 e. The Labute approximate surface area is 104 Å². The number of aromatic nitrogens is 2. The van der Waals surface area contributed by atoms with Crippen LogP contribution in [0.15, 0.2) is 23.0 Å². The number of benzene rings is 1. The van der Waals surface area contributed by atoms with Gasteiger partial charge in [-0.2, -0.15) is 0 Å². The van der Waals surface area contributed by atoms with Gasteiger partial charge in [-0.3, -0.25) is 10.2 Å². The predicted molar refractivity (Wildman–Crippen MR) is 69.2 cm³/mol. The first kappa shape index (κ1) is 12.4. The standard InChI is InChI=1S/C12H16N4O2/c1-7(11(17)15-16(2)3)8-4-5-9-10(6-8)14-12(18)13-9/h4-7H,1-3H3,(H,15,17)(H2,13,14,18). The minimum atomic E-state index is -0.282. The molecular weight excluding hydrogens is 232 g/mol. The van der Waals surface area contributed by atoms with Crippen molar-refractivity contribution in [1.29, 1.82) is 0 Å². The molecule has 96 valence electrons. The highest BCUT2D eigenvalue weighted by molar-refractivity contribution is 5.84. The molecule has 2 rings (SSSR count). The van der Waals surface area contributed by atoms with Gasteiger partial charge in [-0.15, -0.1) is 0 Å². The molecule has 0 aliphatic carbocycles. The summed E-state index contributed by atoms with van der Waals surface area (Å²) in [5.74, 6) is -0.368. The number of carbonyl (C=O) groups excluding carboxylic acids is 1. The number of hydrogen-bond acceptors (Lipinski definition) is 3. The zero-order chi connectivity index (χ0) is 13.3. The molecule has 1 aromatic carbocycles. The van der Waals surface area contributed by atoms with E-state index in [1.54, 1.807) is 25.2 Å². The molecule has 6 nitrogen and oxygen atoms in total. The number of nitrogens with zero attached hydrogens (tertiary/aromatic N) is 1.